The van der Waals surface area contributed by atoms with Gasteiger partial charge in [0.05, 0.1) is 5.92 Å². The van der Waals surface area contributed by atoms with E-state index in [0.717, 1.165) is 12.0 Å². The summed E-state index contributed by atoms with van der Waals surface area (Å²) in [5.41, 5.74) is 0.894. The van der Waals surface area contributed by atoms with E-state index in [1.807, 2.05) is 6.07 Å². The van der Waals surface area contributed by atoms with E-state index < -0.39 is 11.9 Å². The number of rotatable bonds is 3. The summed E-state index contributed by atoms with van der Waals surface area (Å²) in [4.78, 5) is 24.5. The number of aliphatic carboxylic acids is 1. The largest absolute Gasteiger partial charge is 0.481 e. The van der Waals surface area contributed by atoms with Crippen LogP contribution in [0.25, 0.3) is 0 Å². The normalized spacial score (nSPS) is 27.5. The number of carbonyl (C=O) groups excluding carboxylic acids is 1. The molecule has 0 aromatic heterocycles. The number of benzene rings is 1. The molecule has 5 nitrogen and oxygen atoms in total. The van der Waals surface area contributed by atoms with Crippen LogP contribution >= 0.6 is 0 Å². The Bertz CT molecular complexity index is 578. The highest BCUT2D eigenvalue weighted by molar-refractivity contribution is 5.78. The Morgan fingerprint density at radius 1 is 1.38 bits per heavy atom. The third kappa shape index (κ3) is 2.99. The van der Waals surface area contributed by atoms with E-state index in [9.17, 15) is 14.0 Å². The zero-order valence-corrected chi connectivity index (χ0v) is 11.5. The molecule has 1 aromatic rings. The van der Waals surface area contributed by atoms with Crippen molar-refractivity contribution in [1.29, 1.82) is 0 Å². The first-order valence-electron chi connectivity index (χ1n) is 7.08. The second kappa shape index (κ2) is 5.35. The molecule has 2 aliphatic rings. The molecule has 1 heterocycles. The lowest BCUT2D eigenvalue weighted by molar-refractivity contribution is -0.141. The zero-order chi connectivity index (χ0) is 15.0. The van der Waals surface area contributed by atoms with Crippen molar-refractivity contribution in [2.24, 2.45) is 5.92 Å². The number of amides is 2. The van der Waals surface area contributed by atoms with Gasteiger partial charge in [0.25, 0.3) is 0 Å². The monoisotopic (exact) mass is 292 g/mol. The zero-order valence-electron chi connectivity index (χ0n) is 11.5. The molecular formula is C15H17FN2O3. The summed E-state index contributed by atoms with van der Waals surface area (Å²) < 4.78 is 13.2. The molecule has 112 valence electrons. The predicted molar refractivity (Wildman–Crippen MR) is 73.4 cm³/mol. The van der Waals surface area contributed by atoms with E-state index in [0.29, 0.717) is 13.0 Å². The van der Waals surface area contributed by atoms with Gasteiger partial charge in [-0.1, -0.05) is 12.1 Å². The van der Waals surface area contributed by atoms with Crippen molar-refractivity contribution in [3.05, 3.63) is 35.6 Å². The lowest BCUT2D eigenvalue weighted by atomic mass is 10.1. The third-order valence-corrected chi connectivity index (χ3v) is 4.20. The molecule has 2 N–H and O–H groups in total. The summed E-state index contributed by atoms with van der Waals surface area (Å²) in [7, 11) is 0. The van der Waals surface area contributed by atoms with Crippen LogP contribution in [0.4, 0.5) is 9.18 Å². The van der Waals surface area contributed by atoms with Gasteiger partial charge in [0.1, 0.15) is 5.82 Å². The van der Waals surface area contributed by atoms with Gasteiger partial charge in [0.15, 0.2) is 0 Å². The Hall–Kier alpha value is -2.11. The van der Waals surface area contributed by atoms with Gasteiger partial charge in [0, 0.05) is 25.0 Å². The second-order valence-electron chi connectivity index (χ2n) is 5.72. The SMILES string of the molecule is O=C(O)C1CCN(C(=O)NC2CC2c2cccc(F)c2)C1. The number of hydrogen-bond acceptors (Lipinski definition) is 2. The summed E-state index contributed by atoms with van der Waals surface area (Å²) in [5, 5.41) is 11.8. The molecule has 0 spiro atoms. The van der Waals surface area contributed by atoms with Crippen molar-refractivity contribution in [3.8, 4) is 0 Å². The van der Waals surface area contributed by atoms with Gasteiger partial charge in [-0.2, -0.15) is 0 Å². The third-order valence-electron chi connectivity index (χ3n) is 4.20. The number of hydrogen-bond donors (Lipinski definition) is 2. The van der Waals surface area contributed by atoms with Crippen LogP contribution in [0.15, 0.2) is 24.3 Å². The van der Waals surface area contributed by atoms with Gasteiger partial charge in [-0.15, -0.1) is 0 Å². The number of likely N-dealkylation sites (tertiary alicyclic amines) is 1. The first kappa shape index (κ1) is 13.9. The summed E-state index contributed by atoms with van der Waals surface area (Å²) in [6, 6.07) is 6.21. The Labute approximate surface area is 121 Å². The minimum Gasteiger partial charge on any atom is -0.481 e. The number of carbonyl (C=O) groups is 2. The van der Waals surface area contributed by atoms with Crippen LogP contribution in [0.2, 0.25) is 0 Å². The van der Waals surface area contributed by atoms with Crippen LogP contribution in [0.1, 0.15) is 24.3 Å². The predicted octanol–water partition coefficient (Wildman–Crippen LogP) is 1.80. The molecule has 1 aromatic carbocycles. The average Bonchev–Trinajstić information content (AvgIpc) is 3.01. The van der Waals surface area contributed by atoms with Crippen LogP contribution in [-0.4, -0.2) is 41.1 Å². The molecule has 1 saturated heterocycles. The first-order chi connectivity index (χ1) is 10.0. The fraction of sp³-hybridized carbons (Fsp3) is 0.467. The Kier molecular flexibility index (Phi) is 3.53. The minimum atomic E-state index is -0.852. The molecular weight excluding hydrogens is 275 g/mol. The van der Waals surface area contributed by atoms with Crippen molar-refractivity contribution in [2.75, 3.05) is 13.1 Å². The van der Waals surface area contributed by atoms with E-state index in [-0.39, 0.29) is 30.4 Å². The molecule has 6 heteroatoms. The fourth-order valence-electron chi connectivity index (χ4n) is 2.86. The molecule has 2 fully saturated rings. The molecule has 3 rings (SSSR count). The maximum Gasteiger partial charge on any atom is 0.317 e. The van der Waals surface area contributed by atoms with E-state index in [4.69, 9.17) is 5.11 Å². The maximum absolute atomic E-state index is 13.2. The maximum atomic E-state index is 13.2. The fourth-order valence-corrected chi connectivity index (χ4v) is 2.86. The average molecular weight is 292 g/mol. The smallest absolute Gasteiger partial charge is 0.317 e. The van der Waals surface area contributed by atoms with Crippen molar-refractivity contribution >= 4 is 12.0 Å². The molecule has 0 bridgehead atoms. The van der Waals surface area contributed by atoms with Crippen LogP contribution < -0.4 is 5.32 Å². The molecule has 0 radical (unpaired) electrons. The topological polar surface area (TPSA) is 69.6 Å². The summed E-state index contributed by atoms with van der Waals surface area (Å²) in [6.45, 7) is 0.735. The van der Waals surface area contributed by atoms with Gasteiger partial charge < -0.3 is 15.3 Å². The Morgan fingerprint density at radius 2 is 2.19 bits per heavy atom. The molecule has 1 saturated carbocycles. The van der Waals surface area contributed by atoms with Crippen molar-refractivity contribution < 1.29 is 19.1 Å². The Morgan fingerprint density at radius 3 is 2.86 bits per heavy atom. The summed E-state index contributed by atoms with van der Waals surface area (Å²) >= 11 is 0. The van der Waals surface area contributed by atoms with Crippen molar-refractivity contribution in [1.82, 2.24) is 10.2 Å². The summed E-state index contributed by atoms with van der Waals surface area (Å²) in [6.07, 6.45) is 1.30. The van der Waals surface area contributed by atoms with Crippen LogP contribution in [0.5, 0.6) is 0 Å². The van der Waals surface area contributed by atoms with E-state index in [1.54, 1.807) is 11.0 Å². The van der Waals surface area contributed by atoms with Crippen LogP contribution in [0.3, 0.4) is 0 Å². The van der Waals surface area contributed by atoms with Crippen LogP contribution in [-0.2, 0) is 4.79 Å². The van der Waals surface area contributed by atoms with Crippen molar-refractivity contribution in [2.45, 2.75) is 24.8 Å². The van der Waals surface area contributed by atoms with E-state index >= 15 is 0 Å². The highest BCUT2D eigenvalue weighted by Gasteiger charge is 2.41. The minimum absolute atomic E-state index is 0.0168. The van der Waals surface area contributed by atoms with Gasteiger partial charge in [-0.3, -0.25) is 4.79 Å². The van der Waals surface area contributed by atoms with Gasteiger partial charge in [-0.05, 0) is 30.5 Å². The van der Waals surface area contributed by atoms with Crippen molar-refractivity contribution in [3.63, 3.8) is 0 Å². The number of nitrogens with zero attached hydrogens (tertiary/aromatic N) is 1. The van der Waals surface area contributed by atoms with Crippen LogP contribution in [0, 0.1) is 11.7 Å². The highest BCUT2D eigenvalue weighted by Crippen LogP contribution is 2.41. The number of nitrogens with one attached hydrogen (secondary N) is 1. The number of urea groups is 1. The molecule has 1 aliphatic carbocycles. The molecule has 21 heavy (non-hydrogen) atoms. The quantitative estimate of drug-likeness (QED) is 0.892. The summed E-state index contributed by atoms with van der Waals surface area (Å²) in [5.74, 6) is -1.43. The molecule has 3 unspecified atom stereocenters. The molecule has 2 amide bonds. The molecule has 3 atom stereocenters. The molecule has 1 aliphatic heterocycles. The number of halogens is 1. The number of carboxylic acid groups (broad SMARTS) is 1. The van der Waals surface area contributed by atoms with E-state index in [1.165, 1.54) is 12.1 Å². The van der Waals surface area contributed by atoms with E-state index in [2.05, 4.69) is 5.32 Å². The number of carboxylic acids is 1. The second-order valence-corrected chi connectivity index (χ2v) is 5.72. The van der Waals surface area contributed by atoms with Gasteiger partial charge >= 0.3 is 12.0 Å². The van der Waals surface area contributed by atoms with Gasteiger partial charge in [0.2, 0.25) is 0 Å². The first-order valence-corrected chi connectivity index (χ1v) is 7.08. The lowest BCUT2D eigenvalue weighted by Gasteiger charge is -2.16. The highest BCUT2D eigenvalue weighted by atomic mass is 19.1. The standard InChI is InChI=1S/C15H17FN2O3/c16-11-3-1-2-9(6-11)12-7-13(12)17-15(21)18-5-4-10(8-18)14(19)20/h1-3,6,10,12-13H,4-5,7-8H2,(H,17,21)(H,19,20). The van der Waals surface area contributed by atoms with Gasteiger partial charge in [-0.25, -0.2) is 9.18 Å². The lowest BCUT2D eigenvalue weighted by Crippen LogP contribution is -2.40. The Balaban J connectivity index is 1.52.